The van der Waals surface area contributed by atoms with Gasteiger partial charge in [-0.15, -0.1) is 6.42 Å². The van der Waals surface area contributed by atoms with Gasteiger partial charge in [0, 0.05) is 0 Å². The van der Waals surface area contributed by atoms with Gasteiger partial charge in [0.2, 0.25) is 5.95 Å². The van der Waals surface area contributed by atoms with Gasteiger partial charge in [-0.05, 0) is 0 Å². The van der Waals surface area contributed by atoms with Crippen LogP contribution in [0.1, 0.15) is 6.23 Å². The van der Waals surface area contributed by atoms with E-state index in [0.29, 0.717) is 0 Å². The lowest BCUT2D eigenvalue weighted by Crippen LogP contribution is -2.34. The minimum absolute atomic E-state index is 0.0616. The number of aromatic amines is 1. The van der Waals surface area contributed by atoms with Crippen molar-refractivity contribution in [2.24, 2.45) is 0 Å². The zero-order valence-electron chi connectivity index (χ0n) is 14.9. The van der Waals surface area contributed by atoms with Crippen LogP contribution in [-0.4, -0.2) is 60.8 Å². The molecule has 2 aromatic heterocycles. The first-order valence-electron chi connectivity index (χ1n) is 8.08. The van der Waals surface area contributed by atoms with E-state index in [1.165, 1.54) is 0 Å². The Hall–Kier alpha value is -2.11. The fourth-order valence-electron chi connectivity index (χ4n) is 2.71. The lowest BCUT2D eigenvalue weighted by atomic mass is 10.1. The third kappa shape index (κ3) is 4.62. The number of anilines is 1. The largest absolute Gasteiger partial charge is 0.778 e. The molecule has 0 aromatic carbocycles. The maximum absolute atomic E-state index is 11.8. The minimum Gasteiger partial charge on any atom is -0.778 e. The molecule has 1 aliphatic heterocycles. The van der Waals surface area contributed by atoms with E-state index in [4.69, 9.17) is 16.9 Å². The van der Waals surface area contributed by atoms with Crippen molar-refractivity contribution in [3.63, 3.8) is 0 Å². The smallest absolute Gasteiger partial charge is 0.280 e. The fourth-order valence-corrected chi connectivity index (χ4v) is 4.90. The number of nitrogens with two attached hydrogens (primary N) is 1. The van der Waals surface area contributed by atoms with Gasteiger partial charge in [-0.3, -0.25) is 23.2 Å². The maximum Gasteiger partial charge on any atom is 0.280 e. The predicted octanol–water partition coefficient (Wildman–Crippen LogP) is -2.99. The number of H-pyrrole nitrogens is 1. The van der Waals surface area contributed by atoms with Gasteiger partial charge in [-0.2, -0.15) is 4.98 Å². The van der Waals surface area contributed by atoms with Crippen molar-refractivity contribution in [1.82, 2.24) is 19.5 Å². The molecule has 15 nitrogen and oxygen atoms in total. The summed E-state index contributed by atoms with van der Waals surface area (Å²) >= 11 is 0. The standard InChI is InChI=1S/C13H17N5O10P2/c1-2-3-29(22,23)28-30(24,25)26-4-6-8(19)9(20)12(27-6)18-5-15-7-10(18)16-13(14)17-11(7)21/h1,5-6,8-9,12,19-20H,3-4H2,(H,22,23)(H,24,25)(H3,14,16,17,21)/p-2/t6-,8?,9?,12-/m1/s1. The molecular formula is C13H15N5O10P2-2. The number of aliphatic hydroxyl groups excluding tert-OH is 2. The average molecular weight is 463 g/mol. The number of nitrogens with zero attached hydrogens (tertiary/aromatic N) is 3. The Morgan fingerprint density at radius 3 is 2.77 bits per heavy atom. The monoisotopic (exact) mass is 463 g/mol. The molecule has 164 valence electrons. The van der Waals surface area contributed by atoms with Crippen LogP contribution in [0.4, 0.5) is 5.95 Å². The minimum atomic E-state index is -5.36. The second-order valence-corrected chi connectivity index (χ2v) is 9.46. The highest BCUT2D eigenvalue weighted by atomic mass is 31.3. The molecule has 0 bridgehead atoms. The van der Waals surface area contributed by atoms with Crippen LogP contribution in [0.5, 0.6) is 0 Å². The van der Waals surface area contributed by atoms with Gasteiger partial charge in [0.05, 0.1) is 19.1 Å². The number of phosphoric acid groups is 1. The number of ether oxygens (including phenoxy) is 1. The van der Waals surface area contributed by atoms with E-state index in [1.807, 2.05) is 0 Å². The number of phosphoric ester groups is 1. The van der Waals surface area contributed by atoms with Crippen LogP contribution < -0.4 is 21.1 Å². The molecule has 30 heavy (non-hydrogen) atoms. The van der Waals surface area contributed by atoms with Gasteiger partial charge >= 0.3 is 0 Å². The summed E-state index contributed by atoms with van der Waals surface area (Å²) < 4.78 is 37.9. The summed E-state index contributed by atoms with van der Waals surface area (Å²) in [5, 5.41) is 20.4. The first-order chi connectivity index (χ1) is 13.9. The number of hydrogen-bond acceptors (Lipinski definition) is 13. The Kier molecular flexibility index (Phi) is 6.17. The first kappa shape index (κ1) is 22.6. The highest BCUT2D eigenvalue weighted by Gasteiger charge is 2.45. The van der Waals surface area contributed by atoms with Crippen LogP contribution in [-0.2, 0) is 22.7 Å². The lowest BCUT2D eigenvalue weighted by Gasteiger charge is -2.31. The number of aromatic nitrogens is 4. The lowest BCUT2D eigenvalue weighted by molar-refractivity contribution is -0.233. The van der Waals surface area contributed by atoms with E-state index >= 15 is 0 Å². The SMILES string of the molecule is C#CCP(=O)([O-])OP(=O)([O-])OC[C@H]1O[C@@H](n2cnc3c(=O)[nH]c(N)nc32)C(O)C1O. The van der Waals surface area contributed by atoms with E-state index < -0.39 is 58.3 Å². The highest BCUT2D eigenvalue weighted by Crippen LogP contribution is 2.54. The quantitative estimate of drug-likeness (QED) is 0.237. The van der Waals surface area contributed by atoms with Gasteiger partial charge in [-0.25, -0.2) is 4.98 Å². The van der Waals surface area contributed by atoms with Gasteiger partial charge < -0.3 is 39.6 Å². The summed E-state index contributed by atoms with van der Waals surface area (Å²) in [6, 6.07) is 0. The van der Waals surface area contributed by atoms with Crippen molar-refractivity contribution >= 4 is 32.5 Å². The number of nitrogens with one attached hydrogen (secondary N) is 1. The molecule has 1 aliphatic rings. The summed E-state index contributed by atoms with van der Waals surface area (Å²) in [4.78, 5) is 44.9. The van der Waals surface area contributed by atoms with Crippen LogP contribution in [0.15, 0.2) is 11.1 Å². The second kappa shape index (κ2) is 8.20. The molecule has 3 rings (SSSR count). The predicted molar refractivity (Wildman–Crippen MR) is 94.4 cm³/mol. The normalized spacial score (nSPS) is 28.1. The molecule has 0 amide bonds. The molecule has 1 saturated heterocycles. The third-order valence-electron chi connectivity index (χ3n) is 3.97. The topological polar surface area (TPSA) is 238 Å². The molecule has 0 aliphatic carbocycles. The van der Waals surface area contributed by atoms with Gasteiger partial charge in [0.15, 0.2) is 25.0 Å². The summed E-state index contributed by atoms with van der Waals surface area (Å²) in [5.41, 5.74) is 4.66. The number of nitrogen functional groups attached to an aromatic ring is 1. The van der Waals surface area contributed by atoms with E-state index in [0.717, 1.165) is 10.9 Å². The number of terminal acetylenes is 1. The fraction of sp³-hybridized carbons (Fsp3) is 0.462. The van der Waals surface area contributed by atoms with Crippen molar-refractivity contribution in [3.8, 4) is 12.3 Å². The molecule has 17 heteroatoms. The molecule has 0 spiro atoms. The average Bonchev–Trinajstić information content (AvgIpc) is 3.14. The van der Waals surface area contributed by atoms with E-state index in [1.54, 1.807) is 5.92 Å². The Balaban J connectivity index is 1.75. The summed E-state index contributed by atoms with van der Waals surface area (Å²) in [6.45, 7) is -0.895. The molecule has 4 unspecified atom stereocenters. The van der Waals surface area contributed by atoms with Crippen LogP contribution in [0.3, 0.4) is 0 Å². The van der Waals surface area contributed by atoms with Crippen LogP contribution in [0.2, 0.25) is 0 Å². The van der Waals surface area contributed by atoms with Gasteiger partial charge in [-0.1, -0.05) is 5.92 Å². The van der Waals surface area contributed by atoms with Crippen molar-refractivity contribution in [2.75, 3.05) is 18.5 Å². The zero-order chi connectivity index (χ0) is 22.3. The number of imidazole rings is 1. The number of rotatable bonds is 7. The Morgan fingerprint density at radius 1 is 1.40 bits per heavy atom. The highest BCUT2D eigenvalue weighted by molar-refractivity contribution is 7.62. The van der Waals surface area contributed by atoms with E-state index in [-0.39, 0.29) is 17.1 Å². The van der Waals surface area contributed by atoms with Crippen molar-refractivity contribution in [1.29, 1.82) is 0 Å². The van der Waals surface area contributed by atoms with E-state index in [2.05, 4.69) is 23.8 Å². The Morgan fingerprint density at radius 2 is 2.10 bits per heavy atom. The van der Waals surface area contributed by atoms with Crippen LogP contribution in [0.25, 0.3) is 11.2 Å². The molecule has 3 heterocycles. The Bertz CT molecular complexity index is 1140. The summed E-state index contributed by atoms with van der Waals surface area (Å²) in [5.74, 6) is 1.49. The maximum atomic E-state index is 11.8. The number of aliphatic hydroxyl groups is 2. The molecule has 5 N–H and O–H groups in total. The molecule has 2 aromatic rings. The molecule has 0 radical (unpaired) electrons. The van der Waals surface area contributed by atoms with Crippen molar-refractivity contribution < 1.29 is 42.7 Å². The van der Waals surface area contributed by atoms with E-state index in [9.17, 15) is 33.9 Å². The molecule has 0 saturated carbocycles. The Labute approximate surface area is 167 Å². The summed E-state index contributed by atoms with van der Waals surface area (Å²) in [6.07, 6.45) is -1.11. The summed E-state index contributed by atoms with van der Waals surface area (Å²) in [7, 11) is -10.3. The van der Waals surface area contributed by atoms with Crippen molar-refractivity contribution in [2.45, 2.75) is 24.5 Å². The van der Waals surface area contributed by atoms with Gasteiger partial charge in [0.1, 0.15) is 18.3 Å². The molecular weight excluding hydrogens is 448 g/mol. The van der Waals surface area contributed by atoms with Crippen molar-refractivity contribution in [3.05, 3.63) is 16.7 Å². The molecule has 1 fully saturated rings. The van der Waals surface area contributed by atoms with Crippen LogP contribution in [0, 0.1) is 12.3 Å². The number of fused-ring (bicyclic) bond motifs is 1. The third-order valence-corrected chi connectivity index (χ3v) is 6.80. The second-order valence-electron chi connectivity index (χ2n) is 6.12. The van der Waals surface area contributed by atoms with Gasteiger partial charge in [0.25, 0.3) is 13.4 Å². The zero-order valence-corrected chi connectivity index (χ0v) is 16.6. The van der Waals surface area contributed by atoms with Crippen LogP contribution >= 0.6 is 15.4 Å². The first-order valence-corrected chi connectivity index (χ1v) is 11.3. The number of hydrogen-bond donors (Lipinski definition) is 4. The molecule has 6 atom stereocenters.